The Morgan fingerprint density at radius 2 is 1.96 bits per heavy atom. The van der Waals surface area contributed by atoms with E-state index in [9.17, 15) is 9.59 Å². The smallest absolute Gasteiger partial charge is 0.354 e. The van der Waals surface area contributed by atoms with E-state index in [0.29, 0.717) is 0 Å². The lowest BCUT2D eigenvalue weighted by atomic mass is 10.0. The molecular weight excluding hydrogens is 294 g/mol. The van der Waals surface area contributed by atoms with Crippen LogP contribution in [-0.2, 0) is 11.3 Å². The van der Waals surface area contributed by atoms with Crippen LogP contribution in [0.15, 0.2) is 36.5 Å². The van der Waals surface area contributed by atoms with Crippen LogP contribution in [0.5, 0.6) is 0 Å². The van der Waals surface area contributed by atoms with E-state index in [2.05, 4.69) is 10.4 Å². The van der Waals surface area contributed by atoms with Crippen LogP contribution in [0.2, 0.25) is 0 Å². The molecule has 23 heavy (non-hydrogen) atoms. The van der Waals surface area contributed by atoms with Gasteiger partial charge in [0.2, 0.25) is 5.91 Å². The molecule has 0 saturated heterocycles. The summed E-state index contributed by atoms with van der Waals surface area (Å²) in [4.78, 5) is 23.1. The number of carboxylic acids is 1. The standard InChI is InChI=1S/C17H21N3O3/c1-3-14(13-6-4-12(2)5-7-13)19-16(21)9-11-20-15(17(22)23)8-10-18-20/h4-8,10,14H,3,9,11H2,1-2H3,(H,19,21)(H,22,23). The molecule has 122 valence electrons. The van der Waals surface area contributed by atoms with Gasteiger partial charge in [0.05, 0.1) is 12.6 Å². The lowest BCUT2D eigenvalue weighted by Crippen LogP contribution is -2.29. The predicted molar refractivity (Wildman–Crippen MR) is 86.2 cm³/mol. The van der Waals surface area contributed by atoms with Crippen LogP contribution in [0.4, 0.5) is 0 Å². The fourth-order valence-electron chi connectivity index (χ4n) is 2.39. The highest BCUT2D eigenvalue weighted by atomic mass is 16.4. The molecule has 2 aromatic rings. The van der Waals surface area contributed by atoms with Crippen LogP contribution in [0.1, 0.15) is 47.4 Å². The lowest BCUT2D eigenvalue weighted by molar-refractivity contribution is -0.122. The Bertz CT molecular complexity index is 677. The molecule has 6 nitrogen and oxygen atoms in total. The molecule has 0 fully saturated rings. The van der Waals surface area contributed by atoms with E-state index in [4.69, 9.17) is 5.11 Å². The van der Waals surface area contributed by atoms with Crippen molar-refractivity contribution < 1.29 is 14.7 Å². The highest BCUT2D eigenvalue weighted by molar-refractivity contribution is 5.85. The quantitative estimate of drug-likeness (QED) is 0.822. The minimum absolute atomic E-state index is 0.0420. The number of amides is 1. The number of carbonyl (C=O) groups is 2. The molecule has 0 aliphatic carbocycles. The summed E-state index contributed by atoms with van der Waals surface area (Å²) in [5.74, 6) is -1.17. The Hall–Kier alpha value is -2.63. The molecule has 1 aromatic heterocycles. The van der Waals surface area contributed by atoms with Gasteiger partial charge in [0, 0.05) is 12.6 Å². The maximum absolute atomic E-state index is 12.1. The number of carboxylic acid groups (broad SMARTS) is 1. The number of aromatic nitrogens is 2. The molecule has 2 N–H and O–H groups in total. The van der Waals surface area contributed by atoms with Crippen molar-refractivity contribution in [3.63, 3.8) is 0 Å². The van der Waals surface area contributed by atoms with Gasteiger partial charge in [-0.25, -0.2) is 4.79 Å². The first-order chi connectivity index (χ1) is 11.0. The van der Waals surface area contributed by atoms with Crippen LogP contribution < -0.4 is 5.32 Å². The number of benzene rings is 1. The van der Waals surface area contributed by atoms with Crippen molar-refractivity contribution in [2.24, 2.45) is 0 Å². The Morgan fingerprint density at radius 1 is 1.26 bits per heavy atom. The van der Waals surface area contributed by atoms with Gasteiger partial charge in [-0.2, -0.15) is 5.10 Å². The van der Waals surface area contributed by atoms with Crippen molar-refractivity contribution >= 4 is 11.9 Å². The number of nitrogens with zero attached hydrogens (tertiary/aromatic N) is 2. The van der Waals surface area contributed by atoms with Gasteiger partial charge < -0.3 is 10.4 Å². The molecule has 0 spiro atoms. The largest absolute Gasteiger partial charge is 0.477 e. The number of aryl methyl sites for hydroxylation is 2. The molecule has 1 amide bonds. The van der Waals surface area contributed by atoms with Gasteiger partial charge in [0.1, 0.15) is 5.69 Å². The predicted octanol–water partition coefficient (Wildman–Crippen LogP) is 2.55. The molecule has 0 bridgehead atoms. The third kappa shape index (κ3) is 4.42. The fraction of sp³-hybridized carbons (Fsp3) is 0.353. The zero-order chi connectivity index (χ0) is 16.8. The fourth-order valence-corrected chi connectivity index (χ4v) is 2.39. The van der Waals surface area contributed by atoms with E-state index >= 15 is 0 Å². The van der Waals surface area contributed by atoms with Gasteiger partial charge in [0.25, 0.3) is 0 Å². The molecule has 0 saturated carbocycles. The summed E-state index contributed by atoms with van der Waals surface area (Å²) >= 11 is 0. The maximum atomic E-state index is 12.1. The van der Waals surface area contributed by atoms with Crippen molar-refractivity contribution in [3.05, 3.63) is 53.3 Å². The van der Waals surface area contributed by atoms with Crippen LogP contribution >= 0.6 is 0 Å². The van der Waals surface area contributed by atoms with Crippen LogP contribution in [-0.4, -0.2) is 26.8 Å². The summed E-state index contributed by atoms with van der Waals surface area (Å²) in [6.07, 6.45) is 2.39. The van der Waals surface area contributed by atoms with Crippen molar-refractivity contribution in [1.82, 2.24) is 15.1 Å². The molecular formula is C17H21N3O3. The van der Waals surface area contributed by atoms with E-state index in [1.807, 2.05) is 38.1 Å². The highest BCUT2D eigenvalue weighted by Crippen LogP contribution is 2.17. The van der Waals surface area contributed by atoms with E-state index in [-0.39, 0.29) is 30.6 Å². The SMILES string of the molecule is CCC(NC(=O)CCn1nccc1C(=O)O)c1ccc(C)cc1. The van der Waals surface area contributed by atoms with Gasteiger partial charge in [-0.3, -0.25) is 9.48 Å². The third-order valence-electron chi connectivity index (χ3n) is 3.71. The molecule has 6 heteroatoms. The molecule has 0 aliphatic heterocycles. The Morgan fingerprint density at radius 3 is 2.57 bits per heavy atom. The average Bonchev–Trinajstić information content (AvgIpc) is 3.00. The van der Waals surface area contributed by atoms with Gasteiger partial charge >= 0.3 is 5.97 Å². The second-order valence-electron chi connectivity index (χ2n) is 5.43. The first-order valence-corrected chi connectivity index (χ1v) is 7.62. The van der Waals surface area contributed by atoms with Gasteiger partial charge in [0.15, 0.2) is 0 Å². The monoisotopic (exact) mass is 315 g/mol. The number of nitrogens with one attached hydrogen (secondary N) is 1. The van der Waals surface area contributed by atoms with E-state index < -0.39 is 5.97 Å². The zero-order valence-electron chi connectivity index (χ0n) is 13.3. The zero-order valence-corrected chi connectivity index (χ0v) is 13.3. The molecule has 1 aromatic carbocycles. The Labute approximate surface area is 135 Å². The first-order valence-electron chi connectivity index (χ1n) is 7.62. The topological polar surface area (TPSA) is 84.2 Å². The van der Waals surface area contributed by atoms with E-state index in [1.54, 1.807) is 0 Å². The number of aromatic carboxylic acids is 1. The number of hydrogen-bond donors (Lipinski definition) is 2. The van der Waals surface area contributed by atoms with Crippen LogP contribution in [0.25, 0.3) is 0 Å². The summed E-state index contributed by atoms with van der Waals surface area (Å²) < 4.78 is 1.33. The van der Waals surface area contributed by atoms with E-state index in [0.717, 1.165) is 12.0 Å². The summed E-state index contributed by atoms with van der Waals surface area (Å²) in [6.45, 7) is 4.28. The highest BCUT2D eigenvalue weighted by Gasteiger charge is 2.14. The minimum Gasteiger partial charge on any atom is -0.477 e. The normalized spacial score (nSPS) is 11.9. The molecule has 1 atom stereocenters. The molecule has 0 aliphatic rings. The third-order valence-corrected chi connectivity index (χ3v) is 3.71. The Balaban J connectivity index is 1.94. The van der Waals surface area contributed by atoms with Gasteiger partial charge in [-0.1, -0.05) is 36.8 Å². The molecule has 2 rings (SSSR count). The number of rotatable bonds is 7. The van der Waals surface area contributed by atoms with Crippen molar-refractivity contribution in [2.75, 3.05) is 0 Å². The van der Waals surface area contributed by atoms with E-state index in [1.165, 1.54) is 22.5 Å². The van der Waals surface area contributed by atoms with Gasteiger partial charge in [-0.05, 0) is 25.0 Å². The molecule has 1 unspecified atom stereocenters. The van der Waals surface area contributed by atoms with Crippen LogP contribution in [0, 0.1) is 6.92 Å². The first kappa shape index (κ1) is 16.7. The van der Waals surface area contributed by atoms with Crippen molar-refractivity contribution in [1.29, 1.82) is 0 Å². The summed E-state index contributed by atoms with van der Waals surface area (Å²) in [6, 6.07) is 9.45. The van der Waals surface area contributed by atoms with Crippen molar-refractivity contribution in [2.45, 2.75) is 39.3 Å². The second-order valence-corrected chi connectivity index (χ2v) is 5.43. The molecule has 0 radical (unpaired) electrons. The van der Waals surface area contributed by atoms with Crippen molar-refractivity contribution in [3.8, 4) is 0 Å². The Kier molecular flexibility index (Phi) is 5.51. The van der Waals surface area contributed by atoms with Crippen LogP contribution in [0.3, 0.4) is 0 Å². The summed E-state index contributed by atoms with van der Waals surface area (Å²) in [5.41, 5.74) is 2.33. The maximum Gasteiger partial charge on any atom is 0.354 e. The number of carbonyl (C=O) groups excluding carboxylic acids is 1. The molecule has 1 heterocycles. The minimum atomic E-state index is -1.05. The number of hydrogen-bond acceptors (Lipinski definition) is 3. The average molecular weight is 315 g/mol. The summed E-state index contributed by atoms with van der Waals surface area (Å²) in [5, 5.41) is 15.9. The second kappa shape index (κ2) is 7.58. The van der Waals surface area contributed by atoms with Gasteiger partial charge in [-0.15, -0.1) is 0 Å². The lowest BCUT2D eigenvalue weighted by Gasteiger charge is -2.18. The summed E-state index contributed by atoms with van der Waals surface area (Å²) in [7, 11) is 0.